The second kappa shape index (κ2) is 5.78. The van der Waals surface area contributed by atoms with Gasteiger partial charge < -0.3 is 13.9 Å². The van der Waals surface area contributed by atoms with Crippen molar-refractivity contribution in [1.82, 2.24) is 4.98 Å². The van der Waals surface area contributed by atoms with E-state index < -0.39 is 0 Å². The summed E-state index contributed by atoms with van der Waals surface area (Å²) in [7, 11) is 1.63. The number of nitrogens with zero attached hydrogens (tertiary/aromatic N) is 1. The van der Waals surface area contributed by atoms with E-state index in [1.807, 2.05) is 39.0 Å². The fourth-order valence-electron chi connectivity index (χ4n) is 1.76. The monoisotopic (exact) mass is 261 g/mol. The van der Waals surface area contributed by atoms with Gasteiger partial charge in [0.2, 0.25) is 5.89 Å². The molecule has 0 amide bonds. The smallest absolute Gasteiger partial charge is 0.226 e. The van der Waals surface area contributed by atoms with E-state index >= 15 is 0 Å². The van der Waals surface area contributed by atoms with Crippen molar-refractivity contribution in [2.45, 2.75) is 33.3 Å². The Kier molecular flexibility index (Phi) is 4.10. The van der Waals surface area contributed by atoms with Crippen LogP contribution in [0.25, 0.3) is 11.5 Å². The number of aryl methyl sites for hydroxylation is 1. The molecule has 2 rings (SSSR count). The normalized spacial score (nSPS) is 10.8. The quantitative estimate of drug-likeness (QED) is 0.823. The van der Waals surface area contributed by atoms with Gasteiger partial charge in [0.15, 0.2) is 11.5 Å². The molecule has 0 spiro atoms. The molecule has 1 aromatic carbocycles. The lowest BCUT2D eigenvalue weighted by molar-refractivity contribution is 0.230. The Morgan fingerprint density at radius 3 is 2.63 bits per heavy atom. The molecule has 0 saturated carbocycles. The molecule has 0 atom stereocenters. The van der Waals surface area contributed by atoms with Gasteiger partial charge in [-0.15, -0.1) is 0 Å². The van der Waals surface area contributed by atoms with Gasteiger partial charge in [-0.3, -0.25) is 0 Å². The Hall–Kier alpha value is -1.97. The van der Waals surface area contributed by atoms with Crippen molar-refractivity contribution in [3.05, 3.63) is 30.2 Å². The van der Waals surface area contributed by atoms with E-state index in [0.29, 0.717) is 17.4 Å². The number of rotatable bonds is 5. The molecule has 2 aromatic rings. The summed E-state index contributed by atoms with van der Waals surface area (Å²) in [6.45, 7) is 6.00. The molecule has 0 aliphatic carbocycles. The number of benzene rings is 1. The Morgan fingerprint density at radius 1 is 1.26 bits per heavy atom. The molecular formula is C15H19NO3. The summed E-state index contributed by atoms with van der Waals surface area (Å²) in [5.41, 5.74) is 1.83. The largest absolute Gasteiger partial charge is 0.493 e. The lowest BCUT2D eigenvalue weighted by Crippen LogP contribution is -2.06. The maximum absolute atomic E-state index is 5.74. The van der Waals surface area contributed by atoms with Crippen LogP contribution in [0.4, 0.5) is 0 Å². The van der Waals surface area contributed by atoms with Gasteiger partial charge in [-0.2, -0.15) is 0 Å². The fourth-order valence-corrected chi connectivity index (χ4v) is 1.76. The SMILES string of the molecule is CCc1coc(-c2ccc(OC)c(OC(C)C)c2)n1. The minimum Gasteiger partial charge on any atom is -0.493 e. The van der Waals surface area contributed by atoms with E-state index in [1.165, 1.54) is 0 Å². The zero-order valence-electron chi connectivity index (χ0n) is 11.8. The molecule has 4 heteroatoms. The number of methoxy groups -OCH3 is 1. The standard InChI is InChI=1S/C15H19NO3/c1-5-12-9-18-15(16-12)11-6-7-13(17-4)14(8-11)19-10(2)3/h6-10H,5H2,1-4H3. The molecule has 0 fully saturated rings. The third-order valence-corrected chi connectivity index (χ3v) is 2.69. The van der Waals surface area contributed by atoms with Gasteiger partial charge in [0, 0.05) is 5.56 Å². The average molecular weight is 261 g/mol. The number of hydrogen-bond acceptors (Lipinski definition) is 4. The second-order valence-electron chi connectivity index (χ2n) is 4.53. The Bertz CT molecular complexity index is 546. The van der Waals surface area contributed by atoms with Gasteiger partial charge in [-0.1, -0.05) is 6.92 Å². The van der Waals surface area contributed by atoms with E-state index in [1.54, 1.807) is 13.4 Å². The zero-order valence-corrected chi connectivity index (χ0v) is 11.8. The van der Waals surface area contributed by atoms with Crippen molar-refractivity contribution in [3.63, 3.8) is 0 Å². The van der Waals surface area contributed by atoms with E-state index in [4.69, 9.17) is 13.9 Å². The van der Waals surface area contributed by atoms with Crippen molar-refractivity contribution in [3.8, 4) is 23.0 Å². The van der Waals surface area contributed by atoms with Gasteiger partial charge in [0.05, 0.1) is 18.9 Å². The number of oxazole rings is 1. The number of hydrogen-bond donors (Lipinski definition) is 0. The van der Waals surface area contributed by atoms with Crippen molar-refractivity contribution < 1.29 is 13.9 Å². The minimum absolute atomic E-state index is 0.0833. The highest BCUT2D eigenvalue weighted by Gasteiger charge is 2.12. The molecule has 1 heterocycles. The van der Waals surface area contributed by atoms with Crippen LogP contribution in [0.1, 0.15) is 26.5 Å². The third kappa shape index (κ3) is 3.08. The van der Waals surface area contributed by atoms with Gasteiger partial charge in [-0.05, 0) is 38.5 Å². The van der Waals surface area contributed by atoms with Crippen LogP contribution in [0.5, 0.6) is 11.5 Å². The first-order valence-electron chi connectivity index (χ1n) is 6.43. The average Bonchev–Trinajstić information content (AvgIpc) is 2.86. The molecule has 19 heavy (non-hydrogen) atoms. The first kappa shape index (κ1) is 13.5. The maximum Gasteiger partial charge on any atom is 0.226 e. The third-order valence-electron chi connectivity index (χ3n) is 2.69. The van der Waals surface area contributed by atoms with E-state index in [9.17, 15) is 0 Å². The molecule has 0 saturated heterocycles. The van der Waals surface area contributed by atoms with Crippen LogP contribution in [0.15, 0.2) is 28.9 Å². The van der Waals surface area contributed by atoms with Crippen molar-refractivity contribution in [2.75, 3.05) is 7.11 Å². The Morgan fingerprint density at radius 2 is 2.05 bits per heavy atom. The molecule has 0 aliphatic rings. The van der Waals surface area contributed by atoms with E-state index in [2.05, 4.69) is 4.98 Å². The number of ether oxygens (including phenoxy) is 2. The molecule has 0 bridgehead atoms. The Labute approximate surface area is 113 Å². The van der Waals surface area contributed by atoms with Crippen LogP contribution in [-0.4, -0.2) is 18.2 Å². The molecule has 0 unspecified atom stereocenters. The summed E-state index contributed by atoms with van der Waals surface area (Å²) in [6.07, 6.45) is 2.62. The van der Waals surface area contributed by atoms with Crippen LogP contribution < -0.4 is 9.47 Å². The summed E-state index contributed by atoms with van der Waals surface area (Å²) in [5.74, 6) is 2.01. The minimum atomic E-state index is 0.0833. The number of aromatic nitrogens is 1. The Balaban J connectivity index is 2.36. The van der Waals surface area contributed by atoms with Crippen LogP contribution in [-0.2, 0) is 6.42 Å². The lowest BCUT2D eigenvalue weighted by atomic mass is 10.2. The summed E-state index contributed by atoms with van der Waals surface area (Å²) < 4.78 is 16.5. The summed E-state index contributed by atoms with van der Waals surface area (Å²) >= 11 is 0. The first-order chi connectivity index (χ1) is 9.13. The van der Waals surface area contributed by atoms with Crippen molar-refractivity contribution >= 4 is 0 Å². The van der Waals surface area contributed by atoms with Gasteiger partial charge >= 0.3 is 0 Å². The van der Waals surface area contributed by atoms with Crippen molar-refractivity contribution in [1.29, 1.82) is 0 Å². The highest BCUT2D eigenvalue weighted by Crippen LogP contribution is 2.32. The summed E-state index contributed by atoms with van der Waals surface area (Å²) in [5, 5.41) is 0. The topological polar surface area (TPSA) is 44.5 Å². The van der Waals surface area contributed by atoms with Crippen LogP contribution in [0, 0.1) is 0 Å². The first-order valence-corrected chi connectivity index (χ1v) is 6.43. The van der Waals surface area contributed by atoms with Crippen LogP contribution in [0.3, 0.4) is 0 Å². The van der Waals surface area contributed by atoms with Gasteiger partial charge in [0.25, 0.3) is 0 Å². The van der Waals surface area contributed by atoms with Crippen LogP contribution in [0.2, 0.25) is 0 Å². The molecular weight excluding hydrogens is 242 g/mol. The predicted molar refractivity (Wildman–Crippen MR) is 73.6 cm³/mol. The zero-order chi connectivity index (χ0) is 13.8. The highest BCUT2D eigenvalue weighted by atomic mass is 16.5. The van der Waals surface area contributed by atoms with E-state index in [-0.39, 0.29) is 6.10 Å². The second-order valence-corrected chi connectivity index (χ2v) is 4.53. The fraction of sp³-hybridized carbons (Fsp3) is 0.400. The van der Waals surface area contributed by atoms with Gasteiger partial charge in [-0.25, -0.2) is 4.98 Å². The molecule has 0 N–H and O–H groups in total. The molecule has 0 aliphatic heterocycles. The predicted octanol–water partition coefficient (Wildman–Crippen LogP) is 3.70. The molecule has 1 aromatic heterocycles. The lowest BCUT2D eigenvalue weighted by Gasteiger charge is -2.13. The van der Waals surface area contributed by atoms with Crippen LogP contribution >= 0.6 is 0 Å². The highest BCUT2D eigenvalue weighted by molar-refractivity contribution is 5.60. The van der Waals surface area contributed by atoms with E-state index in [0.717, 1.165) is 17.7 Å². The maximum atomic E-state index is 5.74. The molecule has 4 nitrogen and oxygen atoms in total. The van der Waals surface area contributed by atoms with Crippen molar-refractivity contribution in [2.24, 2.45) is 0 Å². The molecule has 0 radical (unpaired) electrons. The van der Waals surface area contributed by atoms with Gasteiger partial charge in [0.1, 0.15) is 6.26 Å². The molecule has 102 valence electrons. The summed E-state index contributed by atoms with van der Waals surface area (Å²) in [6, 6.07) is 5.67. The summed E-state index contributed by atoms with van der Waals surface area (Å²) in [4.78, 5) is 4.41.